The van der Waals surface area contributed by atoms with E-state index in [2.05, 4.69) is 15.9 Å². The Morgan fingerprint density at radius 1 is 1.40 bits per heavy atom. The molecule has 0 spiro atoms. The van der Waals surface area contributed by atoms with E-state index in [9.17, 15) is 9.59 Å². The number of carbonyl (C=O) groups excluding carboxylic acids is 2. The minimum Gasteiger partial charge on any atom is -0.466 e. The van der Waals surface area contributed by atoms with Crippen LogP contribution in [0.5, 0.6) is 0 Å². The van der Waals surface area contributed by atoms with Gasteiger partial charge in [0.15, 0.2) is 0 Å². The zero-order valence-corrected chi connectivity index (χ0v) is 13.5. The number of amides is 1. The van der Waals surface area contributed by atoms with Crippen LogP contribution in [0.1, 0.15) is 24.5 Å². The predicted octanol–water partition coefficient (Wildman–Crippen LogP) is 2.98. The number of aryl methyl sites for hydroxylation is 2. The van der Waals surface area contributed by atoms with Crippen LogP contribution in [0.3, 0.4) is 0 Å². The average molecular weight is 340 g/mol. The molecule has 1 saturated heterocycles. The molecule has 1 aliphatic rings. The Morgan fingerprint density at radius 2 is 2.10 bits per heavy atom. The third-order valence-corrected chi connectivity index (χ3v) is 4.37. The van der Waals surface area contributed by atoms with Crippen molar-refractivity contribution in [1.82, 2.24) is 0 Å². The predicted molar refractivity (Wildman–Crippen MR) is 80.7 cm³/mol. The van der Waals surface area contributed by atoms with Crippen molar-refractivity contribution in [2.45, 2.75) is 27.2 Å². The fraction of sp³-hybridized carbons (Fsp3) is 0.467. The molecule has 0 aliphatic carbocycles. The van der Waals surface area contributed by atoms with Crippen molar-refractivity contribution < 1.29 is 14.3 Å². The summed E-state index contributed by atoms with van der Waals surface area (Å²) in [5.41, 5.74) is 2.96. The zero-order valence-electron chi connectivity index (χ0n) is 11.9. The Labute approximate surface area is 127 Å². The van der Waals surface area contributed by atoms with Crippen LogP contribution < -0.4 is 4.90 Å². The lowest BCUT2D eigenvalue weighted by Gasteiger charge is -2.20. The maximum atomic E-state index is 12.1. The van der Waals surface area contributed by atoms with Crippen LogP contribution in [-0.4, -0.2) is 25.0 Å². The quantitative estimate of drug-likeness (QED) is 0.795. The van der Waals surface area contributed by atoms with Crippen LogP contribution in [0.15, 0.2) is 16.6 Å². The molecule has 0 bridgehead atoms. The smallest absolute Gasteiger partial charge is 0.311 e. The minimum atomic E-state index is -0.356. The summed E-state index contributed by atoms with van der Waals surface area (Å²) < 4.78 is 6.03. The lowest BCUT2D eigenvalue weighted by molar-refractivity contribution is -0.147. The molecule has 1 aliphatic heterocycles. The number of benzene rings is 1. The molecule has 1 aromatic rings. The van der Waals surface area contributed by atoms with E-state index < -0.39 is 0 Å². The summed E-state index contributed by atoms with van der Waals surface area (Å²) in [4.78, 5) is 25.6. The summed E-state index contributed by atoms with van der Waals surface area (Å²) in [6, 6.07) is 3.97. The van der Waals surface area contributed by atoms with Gasteiger partial charge in [-0.05, 0) is 44.0 Å². The van der Waals surface area contributed by atoms with Crippen LogP contribution >= 0.6 is 15.9 Å². The van der Waals surface area contributed by atoms with Gasteiger partial charge < -0.3 is 9.64 Å². The average Bonchev–Trinajstić information content (AvgIpc) is 2.76. The summed E-state index contributed by atoms with van der Waals surface area (Å²) in [7, 11) is 0. The number of anilines is 1. The van der Waals surface area contributed by atoms with Crippen LogP contribution in [-0.2, 0) is 14.3 Å². The molecule has 108 valence electrons. The number of rotatable bonds is 3. The first kappa shape index (κ1) is 15.0. The first-order valence-corrected chi connectivity index (χ1v) is 7.47. The van der Waals surface area contributed by atoms with E-state index >= 15 is 0 Å². The normalized spacial score (nSPS) is 18.5. The monoisotopic (exact) mass is 339 g/mol. The fourth-order valence-electron chi connectivity index (χ4n) is 2.41. The molecule has 1 fully saturated rings. The second kappa shape index (κ2) is 5.95. The SMILES string of the molecule is CCOC(=O)[C@H]1CC(=O)N(c2cc(C)c(Br)cc2C)C1. The van der Waals surface area contributed by atoms with Gasteiger partial charge in [-0.1, -0.05) is 15.9 Å². The molecule has 0 saturated carbocycles. The highest BCUT2D eigenvalue weighted by atomic mass is 79.9. The second-order valence-electron chi connectivity index (χ2n) is 5.05. The van der Waals surface area contributed by atoms with Crippen molar-refractivity contribution in [3.05, 3.63) is 27.7 Å². The number of halogens is 1. The molecule has 0 radical (unpaired) electrons. The molecule has 1 amide bonds. The van der Waals surface area contributed by atoms with Crippen molar-refractivity contribution in [3.63, 3.8) is 0 Å². The standard InChI is InChI=1S/C15H18BrNO3/c1-4-20-15(19)11-7-14(18)17(8-11)13-6-9(2)12(16)5-10(13)3/h5-6,11H,4,7-8H2,1-3H3/t11-/m0/s1. The maximum absolute atomic E-state index is 12.1. The van der Waals surface area contributed by atoms with Gasteiger partial charge in [0.05, 0.1) is 12.5 Å². The highest BCUT2D eigenvalue weighted by Gasteiger charge is 2.36. The zero-order chi connectivity index (χ0) is 14.9. The summed E-state index contributed by atoms with van der Waals surface area (Å²) in [6.45, 7) is 6.47. The minimum absolute atomic E-state index is 0.0205. The summed E-state index contributed by atoms with van der Waals surface area (Å²) in [5, 5.41) is 0. The van der Waals surface area contributed by atoms with E-state index in [1.165, 1.54) is 0 Å². The molecule has 1 heterocycles. The number of nitrogens with zero attached hydrogens (tertiary/aromatic N) is 1. The maximum Gasteiger partial charge on any atom is 0.311 e. The molecular formula is C15H18BrNO3. The number of esters is 1. The van der Waals surface area contributed by atoms with Crippen molar-refractivity contribution in [1.29, 1.82) is 0 Å². The van der Waals surface area contributed by atoms with E-state index in [0.29, 0.717) is 13.2 Å². The molecule has 1 aromatic carbocycles. The molecule has 2 rings (SSSR count). The lowest BCUT2D eigenvalue weighted by Crippen LogP contribution is -2.27. The lowest BCUT2D eigenvalue weighted by atomic mass is 10.1. The topological polar surface area (TPSA) is 46.6 Å². The Bertz CT molecular complexity index is 556. The number of ether oxygens (including phenoxy) is 1. The molecule has 0 N–H and O–H groups in total. The van der Waals surface area contributed by atoms with Crippen LogP contribution in [0.4, 0.5) is 5.69 Å². The van der Waals surface area contributed by atoms with Crippen LogP contribution in [0.25, 0.3) is 0 Å². The van der Waals surface area contributed by atoms with Gasteiger partial charge in [0.25, 0.3) is 0 Å². The van der Waals surface area contributed by atoms with E-state index in [4.69, 9.17) is 4.74 Å². The van der Waals surface area contributed by atoms with Gasteiger partial charge in [-0.2, -0.15) is 0 Å². The Hall–Kier alpha value is -1.36. The molecule has 1 atom stereocenters. The molecule has 0 aromatic heterocycles. The first-order valence-electron chi connectivity index (χ1n) is 6.67. The molecule has 20 heavy (non-hydrogen) atoms. The fourth-order valence-corrected chi connectivity index (χ4v) is 2.87. The van der Waals surface area contributed by atoms with Crippen LogP contribution in [0, 0.1) is 19.8 Å². The molecular weight excluding hydrogens is 322 g/mol. The highest BCUT2D eigenvalue weighted by molar-refractivity contribution is 9.10. The number of hydrogen-bond donors (Lipinski definition) is 0. The summed E-state index contributed by atoms with van der Waals surface area (Å²) in [6.07, 6.45) is 0.230. The third-order valence-electron chi connectivity index (χ3n) is 3.51. The largest absolute Gasteiger partial charge is 0.466 e. The Morgan fingerprint density at radius 3 is 2.75 bits per heavy atom. The van der Waals surface area contributed by atoms with Gasteiger partial charge in [-0.3, -0.25) is 9.59 Å². The van der Waals surface area contributed by atoms with Gasteiger partial charge in [0, 0.05) is 23.1 Å². The van der Waals surface area contributed by atoms with Crippen molar-refractivity contribution in [2.24, 2.45) is 5.92 Å². The Kier molecular flexibility index (Phi) is 4.48. The third kappa shape index (κ3) is 2.87. The van der Waals surface area contributed by atoms with E-state index in [1.54, 1.807) is 11.8 Å². The number of carbonyl (C=O) groups is 2. The van der Waals surface area contributed by atoms with E-state index in [0.717, 1.165) is 21.3 Å². The van der Waals surface area contributed by atoms with Crippen LogP contribution in [0.2, 0.25) is 0 Å². The second-order valence-corrected chi connectivity index (χ2v) is 5.90. The van der Waals surface area contributed by atoms with Gasteiger partial charge in [0.1, 0.15) is 0 Å². The summed E-state index contributed by atoms with van der Waals surface area (Å²) >= 11 is 3.48. The highest BCUT2D eigenvalue weighted by Crippen LogP contribution is 2.32. The van der Waals surface area contributed by atoms with Crippen molar-refractivity contribution in [3.8, 4) is 0 Å². The first-order chi connectivity index (χ1) is 9.43. The van der Waals surface area contributed by atoms with Gasteiger partial charge in [0.2, 0.25) is 5.91 Å². The van der Waals surface area contributed by atoms with Gasteiger partial charge in [-0.25, -0.2) is 0 Å². The van der Waals surface area contributed by atoms with E-state index in [1.807, 2.05) is 26.0 Å². The molecule has 4 nitrogen and oxygen atoms in total. The molecule has 5 heteroatoms. The summed E-state index contributed by atoms with van der Waals surface area (Å²) in [5.74, 6) is -0.659. The van der Waals surface area contributed by atoms with E-state index in [-0.39, 0.29) is 24.2 Å². The van der Waals surface area contributed by atoms with Crippen molar-refractivity contribution >= 4 is 33.5 Å². The molecule has 0 unspecified atom stereocenters. The van der Waals surface area contributed by atoms with Gasteiger partial charge in [-0.15, -0.1) is 0 Å². The number of hydrogen-bond acceptors (Lipinski definition) is 3. The van der Waals surface area contributed by atoms with Gasteiger partial charge >= 0.3 is 5.97 Å². The van der Waals surface area contributed by atoms with Crippen molar-refractivity contribution in [2.75, 3.05) is 18.1 Å². The Balaban J connectivity index is 2.24.